The highest BCUT2D eigenvalue weighted by molar-refractivity contribution is 7.91. The van der Waals surface area contributed by atoms with Gasteiger partial charge in [-0.15, -0.1) is 0 Å². The van der Waals surface area contributed by atoms with Crippen LogP contribution in [-0.4, -0.2) is 49.5 Å². The van der Waals surface area contributed by atoms with Crippen molar-refractivity contribution in [3.63, 3.8) is 0 Å². The molecule has 0 spiro atoms. The van der Waals surface area contributed by atoms with Crippen LogP contribution in [0.3, 0.4) is 0 Å². The van der Waals surface area contributed by atoms with Crippen molar-refractivity contribution < 1.29 is 13.2 Å². The minimum Gasteiger partial charge on any atom is -0.332 e. The van der Waals surface area contributed by atoms with E-state index < -0.39 is 15.4 Å². The fourth-order valence-electron chi connectivity index (χ4n) is 3.09. The van der Waals surface area contributed by atoms with Crippen LogP contribution >= 0.6 is 0 Å². The summed E-state index contributed by atoms with van der Waals surface area (Å²) in [5.74, 6) is 0.237. The normalized spacial score (nSPS) is 31.1. The molecule has 1 saturated carbocycles. The zero-order valence-electron chi connectivity index (χ0n) is 11.8. The lowest BCUT2D eigenvalue weighted by molar-refractivity contribution is 0.165. The molecule has 2 amide bonds. The number of carbonyl (C=O) groups excluding carboxylic acids is 1. The molecule has 1 N–H and O–H groups in total. The van der Waals surface area contributed by atoms with Crippen molar-refractivity contribution >= 4 is 15.9 Å². The lowest BCUT2D eigenvalue weighted by Gasteiger charge is -2.34. The van der Waals surface area contributed by atoms with Crippen molar-refractivity contribution in [3.8, 4) is 0 Å². The Kier molecular flexibility index (Phi) is 4.08. The first kappa shape index (κ1) is 14.6. The Labute approximate surface area is 115 Å². The van der Waals surface area contributed by atoms with Gasteiger partial charge in [0, 0.05) is 13.1 Å². The second kappa shape index (κ2) is 5.31. The fourth-order valence-corrected chi connectivity index (χ4v) is 5.18. The Bertz CT molecular complexity index is 443. The highest BCUT2D eigenvalue weighted by Crippen LogP contribution is 2.25. The molecule has 1 atom stereocenters. The molecule has 5 nitrogen and oxygen atoms in total. The fraction of sp³-hybridized carbons (Fsp3) is 0.923. The van der Waals surface area contributed by atoms with Gasteiger partial charge < -0.3 is 10.2 Å². The Balaban J connectivity index is 1.93. The molecule has 0 radical (unpaired) electrons. The predicted molar refractivity (Wildman–Crippen MR) is 74.8 cm³/mol. The Morgan fingerprint density at radius 1 is 1.26 bits per heavy atom. The SMILES string of the molecule is CN(C(=O)N[C@@]1(C)CCS(=O)(=O)C1)C1CCCCC1. The van der Waals surface area contributed by atoms with Gasteiger partial charge in [-0.1, -0.05) is 19.3 Å². The third-order valence-electron chi connectivity index (χ3n) is 4.35. The number of rotatable bonds is 2. The first-order valence-electron chi connectivity index (χ1n) is 7.07. The van der Waals surface area contributed by atoms with E-state index >= 15 is 0 Å². The molecule has 2 aliphatic rings. The summed E-state index contributed by atoms with van der Waals surface area (Å²) in [6.45, 7) is 1.82. The van der Waals surface area contributed by atoms with Gasteiger partial charge >= 0.3 is 6.03 Å². The third-order valence-corrected chi connectivity index (χ3v) is 6.26. The number of hydrogen-bond donors (Lipinski definition) is 1. The Morgan fingerprint density at radius 2 is 1.89 bits per heavy atom. The topological polar surface area (TPSA) is 66.5 Å². The second-order valence-corrected chi connectivity index (χ2v) is 8.42. The summed E-state index contributed by atoms with van der Waals surface area (Å²) in [6.07, 6.45) is 6.22. The standard InChI is InChI=1S/C13H24N2O3S/c1-13(8-9-19(17,18)10-13)14-12(16)15(2)11-6-4-3-5-7-11/h11H,3-10H2,1-2H3,(H,14,16)/t13-/m0/s1. The molecular weight excluding hydrogens is 264 g/mol. The molecule has 0 aromatic heterocycles. The molecule has 0 aromatic rings. The monoisotopic (exact) mass is 288 g/mol. The van der Waals surface area contributed by atoms with E-state index in [0.29, 0.717) is 12.5 Å². The van der Waals surface area contributed by atoms with Crippen LogP contribution in [0.5, 0.6) is 0 Å². The van der Waals surface area contributed by atoms with E-state index in [2.05, 4.69) is 5.32 Å². The number of amides is 2. The second-order valence-electron chi connectivity index (χ2n) is 6.24. The van der Waals surface area contributed by atoms with Gasteiger partial charge in [0.05, 0.1) is 17.0 Å². The average molecular weight is 288 g/mol. The number of hydrogen-bond acceptors (Lipinski definition) is 3. The Hall–Kier alpha value is -0.780. The van der Waals surface area contributed by atoms with E-state index in [1.165, 1.54) is 19.3 Å². The van der Waals surface area contributed by atoms with Crippen LogP contribution in [-0.2, 0) is 9.84 Å². The first-order valence-corrected chi connectivity index (χ1v) is 8.89. The van der Waals surface area contributed by atoms with Crippen molar-refractivity contribution in [3.05, 3.63) is 0 Å². The molecule has 19 heavy (non-hydrogen) atoms. The number of carbonyl (C=O) groups is 1. The lowest BCUT2D eigenvalue weighted by atomic mass is 9.94. The van der Waals surface area contributed by atoms with E-state index in [4.69, 9.17) is 0 Å². The maximum absolute atomic E-state index is 12.2. The van der Waals surface area contributed by atoms with Crippen molar-refractivity contribution in [2.75, 3.05) is 18.6 Å². The highest BCUT2D eigenvalue weighted by Gasteiger charge is 2.40. The Morgan fingerprint density at radius 3 is 2.42 bits per heavy atom. The largest absolute Gasteiger partial charge is 0.332 e. The molecule has 1 aliphatic carbocycles. The smallest absolute Gasteiger partial charge is 0.317 e. The predicted octanol–water partition coefficient (Wildman–Crippen LogP) is 1.54. The van der Waals surface area contributed by atoms with Crippen molar-refractivity contribution in [1.29, 1.82) is 0 Å². The van der Waals surface area contributed by atoms with Crippen LogP contribution in [0.15, 0.2) is 0 Å². The minimum atomic E-state index is -2.98. The average Bonchev–Trinajstić information content (AvgIpc) is 2.63. The van der Waals surface area contributed by atoms with Gasteiger partial charge in [-0.05, 0) is 26.2 Å². The summed E-state index contributed by atoms with van der Waals surface area (Å²) in [6, 6.07) is 0.168. The van der Waals surface area contributed by atoms with E-state index in [1.807, 2.05) is 14.0 Å². The van der Waals surface area contributed by atoms with Crippen molar-refractivity contribution in [1.82, 2.24) is 10.2 Å². The molecule has 0 aromatic carbocycles. The maximum atomic E-state index is 12.2. The zero-order chi connectivity index (χ0) is 14.1. The van der Waals surface area contributed by atoms with Gasteiger partial charge in [0.25, 0.3) is 0 Å². The van der Waals surface area contributed by atoms with Gasteiger partial charge in [-0.3, -0.25) is 0 Å². The van der Waals surface area contributed by atoms with Crippen LogP contribution in [0.2, 0.25) is 0 Å². The van der Waals surface area contributed by atoms with E-state index in [0.717, 1.165) is 12.8 Å². The molecule has 0 unspecified atom stereocenters. The van der Waals surface area contributed by atoms with Crippen LogP contribution in [0.25, 0.3) is 0 Å². The lowest BCUT2D eigenvalue weighted by Crippen LogP contribution is -2.53. The molecular formula is C13H24N2O3S. The highest BCUT2D eigenvalue weighted by atomic mass is 32.2. The van der Waals surface area contributed by atoms with E-state index in [9.17, 15) is 13.2 Å². The number of nitrogens with one attached hydrogen (secondary N) is 1. The maximum Gasteiger partial charge on any atom is 0.317 e. The summed E-state index contributed by atoms with van der Waals surface area (Å²) < 4.78 is 23.1. The van der Waals surface area contributed by atoms with Crippen LogP contribution in [0.4, 0.5) is 4.79 Å². The number of urea groups is 1. The molecule has 2 rings (SSSR count). The summed E-state index contributed by atoms with van der Waals surface area (Å²) in [5, 5.41) is 2.92. The molecule has 2 fully saturated rings. The molecule has 1 aliphatic heterocycles. The summed E-state index contributed by atoms with van der Waals surface area (Å²) in [4.78, 5) is 14.0. The first-order chi connectivity index (χ1) is 8.81. The van der Waals surface area contributed by atoms with Crippen molar-refractivity contribution in [2.24, 2.45) is 0 Å². The zero-order valence-corrected chi connectivity index (χ0v) is 12.6. The van der Waals surface area contributed by atoms with Gasteiger partial charge in [0.2, 0.25) is 0 Å². The number of nitrogens with zero attached hydrogens (tertiary/aromatic N) is 1. The van der Waals surface area contributed by atoms with E-state index in [-0.39, 0.29) is 17.5 Å². The molecule has 110 valence electrons. The van der Waals surface area contributed by atoms with Gasteiger partial charge in [-0.25, -0.2) is 13.2 Å². The third kappa shape index (κ3) is 3.61. The molecule has 6 heteroatoms. The quantitative estimate of drug-likeness (QED) is 0.838. The summed E-state index contributed by atoms with van der Waals surface area (Å²) in [5.41, 5.74) is -0.598. The van der Waals surface area contributed by atoms with Gasteiger partial charge in [0.15, 0.2) is 9.84 Å². The van der Waals surface area contributed by atoms with Crippen LogP contribution < -0.4 is 5.32 Å². The van der Waals surface area contributed by atoms with Gasteiger partial charge in [0.1, 0.15) is 0 Å². The summed E-state index contributed by atoms with van der Waals surface area (Å²) >= 11 is 0. The van der Waals surface area contributed by atoms with Crippen LogP contribution in [0, 0.1) is 0 Å². The summed E-state index contributed by atoms with van der Waals surface area (Å²) in [7, 11) is -1.17. The molecule has 0 bridgehead atoms. The van der Waals surface area contributed by atoms with Crippen molar-refractivity contribution in [2.45, 2.75) is 57.0 Å². The van der Waals surface area contributed by atoms with Crippen LogP contribution in [0.1, 0.15) is 45.4 Å². The molecule has 1 saturated heterocycles. The minimum absolute atomic E-state index is 0.0598. The van der Waals surface area contributed by atoms with Gasteiger partial charge in [-0.2, -0.15) is 0 Å². The molecule has 1 heterocycles. The number of sulfone groups is 1. The van der Waals surface area contributed by atoms with E-state index in [1.54, 1.807) is 4.90 Å².